The summed E-state index contributed by atoms with van der Waals surface area (Å²) in [6, 6.07) is 14.0. The third kappa shape index (κ3) is 4.18. The molecule has 4 heteroatoms. The van der Waals surface area contributed by atoms with Crippen molar-refractivity contribution in [2.75, 3.05) is 0 Å². The quantitative estimate of drug-likeness (QED) is 0.844. The average Bonchev–Trinajstić information content (AvgIpc) is 2.46. The lowest BCUT2D eigenvalue weighted by Gasteiger charge is -2.13. The van der Waals surface area contributed by atoms with Crippen LogP contribution >= 0.6 is 0 Å². The van der Waals surface area contributed by atoms with Gasteiger partial charge in [0.25, 0.3) is 0 Å². The van der Waals surface area contributed by atoms with Crippen LogP contribution in [-0.2, 0) is 0 Å². The third-order valence-corrected chi connectivity index (χ3v) is 2.91. The molecule has 0 amide bonds. The second-order valence-corrected chi connectivity index (χ2v) is 5.13. The Hall–Kier alpha value is -2.62. The molecule has 0 saturated carbocycles. The summed E-state index contributed by atoms with van der Waals surface area (Å²) in [5.41, 5.74) is 0.594. The molecule has 2 N–H and O–H groups in total. The molecule has 2 aromatic rings. The molecule has 108 valence electrons. The van der Waals surface area contributed by atoms with E-state index in [0.717, 1.165) is 0 Å². The van der Waals surface area contributed by atoms with Gasteiger partial charge in [-0.15, -0.1) is 0 Å². The summed E-state index contributed by atoms with van der Waals surface area (Å²) in [6.45, 7) is 3.69. The topological polar surface area (TPSA) is 65.2 Å². The highest BCUT2D eigenvalue weighted by Crippen LogP contribution is 2.18. The van der Waals surface area contributed by atoms with Gasteiger partial charge < -0.3 is 10.2 Å². The van der Waals surface area contributed by atoms with Crippen molar-refractivity contribution in [1.29, 1.82) is 0 Å². The first-order valence-electron chi connectivity index (χ1n) is 6.64. The Morgan fingerprint density at radius 3 is 1.52 bits per heavy atom. The lowest BCUT2D eigenvalue weighted by molar-refractivity contribution is 0.474. The SMILES string of the molecule is CC(C)(/N=C/c1ccccc1O)/N=C/c1ccccc1O. The number of rotatable bonds is 4. The van der Waals surface area contributed by atoms with E-state index < -0.39 is 5.66 Å². The predicted molar refractivity (Wildman–Crippen MR) is 85.5 cm³/mol. The minimum Gasteiger partial charge on any atom is -0.507 e. The monoisotopic (exact) mass is 282 g/mol. The lowest BCUT2D eigenvalue weighted by Crippen LogP contribution is -2.13. The molecule has 0 radical (unpaired) electrons. The van der Waals surface area contributed by atoms with Crippen molar-refractivity contribution in [2.45, 2.75) is 19.5 Å². The van der Waals surface area contributed by atoms with Crippen LogP contribution in [0.15, 0.2) is 58.5 Å². The summed E-state index contributed by atoms with van der Waals surface area (Å²) < 4.78 is 0. The van der Waals surface area contributed by atoms with Gasteiger partial charge in [0.15, 0.2) is 0 Å². The molecular weight excluding hydrogens is 264 g/mol. The molecule has 0 aliphatic carbocycles. The van der Waals surface area contributed by atoms with Gasteiger partial charge in [0.1, 0.15) is 17.2 Å². The Morgan fingerprint density at radius 1 is 0.762 bits per heavy atom. The highest BCUT2D eigenvalue weighted by Gasteiger charge is 2.12. The molecule has 2 rings (SSSR count). The molecule has 0 saturated heterocycles. The minimum atomic E-state index is -0.690. The maximum absolute atomic E-state index is 9.69. The molecule has 21 heavy (non-hydrogen) atoms. The van der Waals surface area contributed by atoms with E-state index in [1.807, 2.05) is 26.0 Å². The van der Waals surface area contributed by atoms with Crippen LogP contribution in [0.1, 0.15) is 25.0 Å². The van der Waals surface area contributed by atoms with Gasteiger partial charge in [-0.3, -0.25) is 9.98 Å². The number of hydrogen-bond donors (Lipinski definition) is 2. The molecule has 0 atom stereocenters. The number of para-hydroxylation sites is 2. The van der Waals surface area contributed by atoms with Gasteiger partial charge >= 0.3 is 0 Å². The molecular formula is C17H18N2O2. The summed E-state index contributed by atoms with van der Waals surface area (Å²) >= 11 is 0. The fourth-order valence-corrected chi connectivity index (χ4v) is 1.68. The molecule has 2 aromatic carbocycles. The van der Waals surface area contributed by atoms with Crippen LogP contribution in [0.4, 0.5) is 0 Å². The summed E-state index contributed by atoms with van der Waals surface area (Å²) in [4.78, 5) is 8.73. The van der Waals surface area contributed by atoms with E-state index in [1.165, 1.54) is 0 Å². The molecule has 0 aliphatic rings. The second kappa shape index (κ2) is 6.22. The van der Waals surface area contributed by atoms with Crippen molar-refractivity contribution >= 4 is 12.4 Å². The number of phenols is 2. The summed E-state index contributed by atoms with van der Waals surface area (Å²) in [7, 11) is 0. The molecule has 0 bridgehead atoms. The number of aromatic hydroxyl groups is 2. The maximum atomic E-state index is 9.69. The number of benzene rings is 2. The molecule has 0 aromatic heterocycles. The van der Waals surface area contributed by atoms with Gasteiger partial charge in [-0.1, -0.05) is 24.3 Å². The van der Waals surface area contributed by atoms with Crippen LogP contribution in [-0.4, -0.2) is 28.3 Å². The van der Waals surface area contributed by atoms with Gasteiger partial charge in [0.2, 0.25) is 0 Å². The standard InChI is InChI=1S/C17H18N2O2/c1-17(2,18-11-13-7-3-5-9-15(13)20)19-12-14-8-4-6-10-16(14)21/h3-12,20-21H,1-2H3/b18-11+,19-12+. The van der Waals surface area contributed by atoms with Crippen LogP contribution in [0.5, 0.6) is 11.5 Å². The Kier molecular flexibility index (Phi) is 4.38. The van der Waals surface area contributed by atoms with Crippen molar-refractivity contribution < 1.29 is 10.2 Å². The van der Waals surface area contributed by atoms with Crippen LogP contribution in [0.25, 0.3) is 0 Å². The van der Waals surface area contributed by atoms with E-state index in [0.29, 0.717) is 11.1 Å². The number of aliphatic imine (C=N–C) groups is 2. The summed E-state index contributed by atoms with van der Waals surface area (Å²) in [6.07, 6.45) is 3.19. The van der Waals surface area contributed by atoms with Gasteiger partial charge in [0, 0.05) is 23.6 Å². The van der Waals surface area contributed by atoms with Crippen LogP contribution in [0.3, 0.4) is 0 Å². The van der Waals surface area contributed by atoms with E-state index in [2.05, 4.69) is 9.98 Å². The van der Waals surface area contributed by atoms with E-state index >= 15 is 0 Å². The number of phenolic OH excluding ortho intramolecular Hbond substituents is 2. The largest absolute Gasteiger partial charge is 0.507 e. The zero-order valence-corrected chi connectivity index (χ0v) is 12.1. The van der Waals surface area contributed by atoms with E-state index in [9.17, 15) is 10.2 Å². The Labute approximate surface area is 124 Å². The van der Waals surface area contributed by atoms with Crippen LogP contribution in [0.2, 0.25) is 0 Å². The molecule has 4 nitrogen and oxygen atoms in total. The van der Waals surface area contributed by atoms with Crippen molar-refractivity contribution in [3.63, 3.8) is 0 Å². The zero-order valence-electron chi connectivity index (χ0n) is 12.1. The van der Waals surface area contributed by atoms with Crippen molar-refractivity contribution in [3.05, 3.63) is 59.7 Å². The Bertz CT molecular complexity index is 618. The first kappa shape index (κ1) is 14.8. The Morgan fingerprint density at radius 2 is 1.14 bits per heavy atom. The molecule has 0 aliphatic heterocycles. The van der Waals surface area contributed by atoms with Crippen molar-refractivity contribution in [3.8, 4) is 11.5 Å². The predicted octanol–water partition coefficient (Wildman–Crippen LogP) is 3.37. The average molecular weight is 282 g/mol. The van der Waals surface area contributed by atoms with Gasteiger partial charge in [-0.2, -0.15) is 0 Å². The number of nitrogens with zero attached hydrogens (tertiary/aromatic N) is 2. The molecule has 0 unspecified atom stereocenters. The van der Waals surface area contributed by atoms with Crippen molar-refractivity contribution in [2.24, 2.45) is 9.98 Å². The first-order valence-corrected chi connectivity index (χ1v) is 6.64. The smallest absolute Gasteiger partial charge is 0.144 e. The fraction of sp³-hybridized carbons (Fsp3) is 0.176. The van der Waals surface area contributed by atoms with Crippen LogP contribution in [0, 0.1) is 0 Å². The van der Waals surface area contributed by atoms with Gasteiger partial charge in [-0.05, 0) is 38.1 Å². The maximum Gasteiger partial charge on any atom is 0.144 e. The highest BCUT2D eigenvalue weighted by atomic mass is 16.3. The summed E-state index contributed by atoms with van der Waals surface area (Å²) in [5.74, 6) is 0.364. The second-order valence-electron chi connectivity index (χ2n) is 5.13. The third-order valence-electron chi connectivity index (χ3n) is 2.91. The molecule has 0 heterocycles. The normalized spacial score (nSPS) is 12.3. The van der Waals surface area contributed by atoms with Crippen LogP contribution < -0.4 is 0 Å². The molecule has 0 spiro atoms. The minimum absolute atomic E-state index is 0.182. The van der Waals surface area contributed by atoms with Gasteiger partial charge in [0.05, 0.1) is 0 Å². The highest BCUT2D eigenvalue weighted by molar-refractivity contribution is 5.85. The lowest BCUT2D eigenvalue weighted by atomic mass is 10.2. The van der Waals surface area contributed by atoms with E-state index in [-0.39, 0.29) is 11.5 Å². The fourth-order valence-electron chi connectivity index (χ4n) is 1.68. The Balaban J connectivity index is 2.16. The van der Waals surface area contributed by atoms with Crippen molar-refractivity contribution in [1.82, 2.24) is 0 Å². The zero-order chi connectivity index (χ0) is 15.3. The summed E-state index contributed by atoms with van der Waals surface area (Å²) in [5, 5.41) is 19.4. The van der Waals surface area contributed by atoms with E-state index in [1.54, 1.807) is 48.8 Å². The molecule has 0 fully saturated rings. The van der Waals surface area contributed by atoms with Gasteiger partial charge in [-0.25, -0.2) is 0 Å². The van der Waals surface area contributed by atoms with E-state index in [4.69, 9.17) is 0 Å². The first-order chi connectivity index (χ1) is 9.98. The number of hydrogen-bond acceptors (Lipinski definition) is 4.